The van der Waals surface area contributed by atoms with Gasteiger partial charge in [-0.05, 0) is 29.5 Å². The summed E-state index contributed by atoms with van der Waals surface area (Å²) < 4.78 is 1.90. The minimum atomic E-state index is -0.357. The van der Waals surface area contributed by atoms with E-state index in [9.17, 15) is 9.59 Å². The SMILES string of the molecule is C=CCn1c(SCC(=O)Nc2cccc3ccccc23)nnc1[C@@H](NC(=O)c1ccccc1)C(C)C. The van der Waals surface area contributed by atoms with Crippen molar-refractivity contribution in [1.82, 2.24) is 20.1 Å². The molecule has 0 fully saturated rings. The predicted octanol–water partition coefficient (Wildman–Crippen LogP) is 5.48. The standard InChI is InChI=1S/C28H29N5O2S/c1-4-17-33-26(25(19(2)3)30-27(35)21-12-6-5-7-13-21)31-32-28(33)36-18-24(34)29-23-16-10-14-20-11-8-9-15-22(20)23/h4-16,19,25H,1,17-18H2,2-3H3,(H,29,34)(H,30,35)/t25-/m0/s1. The number of benzene rings is 3. The number of nitrogens with zero attached hydrogens (tertiary/aromatic N) is 3. The lowest BCUT2D eigenvalue weighted by atomic mass is 10.0. The van der Waals surface area contributed by atoms with Gasteiger partial charge in [0.1, 0.15) is 0 Å². The van der Waals surface area contributed by atoms with Crippen molar-refractivity contribution in [3.8, 4) is 0 Å². The molecular weight excluding hydrogens is 470 g/mol. The van der Waals surface area contributed by atoms with E-state index in [0.717, 1.165) is 16.5 Å². The van der Waals surface area contributed by atoms with E-state index < -0.39 is 0 Å². The summed E-state index contributed by atoms with van der Waals surface area (Å²) >= 11 is 1.30. The summed E-state index contributed by atoms with van der Waals surface area (Å²) in [5, 5.41) is 17.5. The Morgan fingerprint density at radius 3 is 2.47 bits per heavy atom. The number of amides is 2. The Morgan fingerprint density at radius 1 is 1.00 bits per heavy atom. The van der Waals surface area contributed by atoms with Crippen molar-refractivity contribution in [2.24, 2.45) is 5.92 Å². The first-order chi connectivity index (χ1) is 17.5. The molecule has 0 aliphatic rings. The van der Waals surface area contributed by atoms with Crippen molar-refractivity contribution in [2.45, 2.75) is 31.6 Å². The maximum atomic E-state index is 12.8. The van der Waals surface area contributed by atoms with Crippen molar-refractivity contribution in [2.75, 3.05) is 11.1 Å². The number of carbonyl (C=O) groups is 2. The number of anilines is 1. The summed E-state index contributed by atoms with van der Waals surface area (Å²) in [4.78, 5) is 25.6. The van der Waals surface area contributed by atoms with Gasteiger partial charge in [0.15, 0.2) is 11.0 Å². The fourth-order valence-corrected chi connectivity index (χ4v) is 4.69. The van der Waals surface area contributed by atoms with E-state index in [1.807, 2.05) is 79.1 Å². The number of fused-ring (bicyclic) bond motifs is 1. The first-order valence-corrected chi connectivity index (χ1v) is 12.8. The summed E-state index contributed by atoms with van der Waals surface area (Å²) in [6.07, 6.45) is 1.75. The fourth-order valence-electron chi connectivity index (χ4n) is 3.93. The molecule has 0 spiro atoms. The zero-order chi connectivity index (χ0) is 25.5. The molecular formula is C28H29N5O2S. The summed E-state index contributed by atoms with van der Waals surface area (Å²) in [5.41, 5.74) is 1.35. The zero-order valence-electron chi connectivity index (χ0n) is 20.3. The van der Waals surface area contributed by atoms with Crippen molar-refractivity contribution in [1.29, 1.82) is 0 Å². The Morgan fingerprint density at radius 2 is 1.72 bits per heavy atom. The van der Waals surface area contributed by atoms with Gasteiger partial charge in [-0.3, -0.25) is 9.59 Å². The van der Waals surface area contributed by atoms with Crippen LogP contribution in [0.1, 0.15) is 36.1 Å². The second-order valence-corrected chi connectivity index (χ2v) is 9.61. The molecule has 0 aliphatic heterocycles. The van der Waals surface area contributed by atoms with Crippen LogP contribution in [0, 0.1) is 5.92 Å². The van der Waals surface area contributed by atoms with Gasteiger partial charge in [-0.1, -0.05) is 86.3 Å². The highest BCUT2D eigenvalue weighted by Crippen LogP contribution is 2.27. The van der Waals surface area contributed by atoms with Crippen LogP contribution in [0.25, 0.3) is 10.8 Å². The van der Waals surface area contributed by atoms with E-state index in [0.29, 0.717) is 23.1 Å². The van der Waals surface area contributed by atoms with Gasteiger partial charge >= 0.3 is 0 Å². The molecule has 7 nitrogen and oxygen atoms in total. The van der Waals surface area contributed by atoms with Gasteiger partial charge in [-0.2, -0.15) is 0 Å². The van der Waals surface area contributed by atoms with Gasteiger partial charge < -0.3 is 15.2 Å². The van der Waals surface area contributed by atoms with Crippen molar-refractivity contribution in [3.05, 3.63) is 96.8 Å². The van der Waals surface area contributed by atoms with E-state index in [2.05, 4.69) is 27.4 Å². The van der Waals surface area contributed by atoms with Gasteiger partial charge in [0.25, 0.3) is 5.91 Å². The Bertz CT molecular complexity index is 1360. The van der Waals surface area contributed by atoms with Crippen LogP contribution in [0.2, 0.25) is 0 Å². The first-order valence-electron chi connectivity index (χ1n) is 11.8. The maximum absolute atomic E-state index is 12.8. The largest absolute Gasteiger partial charge is 0.342 e. The number of rotatable bonds is 10. The van der Waals surface area contributed by atoms with Gasteiger partial charge in [0.2, 0.25) is 5.91 Å². The number of aromatic nitrogens is 3. The maximum Gasteiger partial charge on any atom is 0.251 e. The third-order valence-electron chi connectivity index (χ3n) is 5.72. The third-order valence-corrected chi connectivity index (χ3v) is 6.69. The second kappa shape index (κ2) is 11.7. The van der Waals surface area contributed by atoms with Crippen molar-refractivity contribution >= 4 is 40.0 Å². The van der Waals surface area contributed by atoms with E-state index >= 15 is 0 Å². The summed E-state index contributed by atoms with van der Waals surface area (Å²) in [7, 11) is 0. The molecule has 2 N–H and O–H groups in total. The topological polar surface area (TPSA) is 88.9 Å². The van der Waals surface area contributed by atoms with Crippen LogP contribution in [0.3, 0.4) is 0 Å². The minimum Gasteiger partial charge on any atom is -0.342 e. The predicted molar refractivity (Wildman–Crippen MR) is 145 cm³/mol. The molecule has 0 saturated heterocycles. The third kappa shape index (κ3) is 5.83. The summed E-state index contributed by atoms with van der Waals surface area (Å²) in [6.45, 7) is 8.36. The zero-order valence-corrected chi connectivity index (χ0v) is 21.2. The van der Waals surface area contributed by atoms with Gasteiger partial charge in [0.05, 0.1) is 11.8 Å². The lowest BCUT2D eigenvalue weighted by Gasteiger charge is -2.22. The molecule has 1 aromatic heterocycles. The number of hydrogen-bond acceptors (Lipinski definition) is 5. The monoisotopic (exact) mass is 499 g/mol. The quantitative estimate of drug-likeness (QED) is 0.223. The highest BCUT2D eigenvalue weighted by Gasteiger charge is 2.26. The number of carbonyl (C=O) groups excluding carboxylic acids is 2. The molecule has 2 amide bonds. The molecule has 4 rings (SSSR count). The molecule has 1 atom stereocenters. The molecule has 0 bridgehead atoms. The Balaban J connectivity index is 1.49. The Hall–Kier alpha value is -3.91. The average Bonchev–Trinajstić information content (AvgIpc) is 3.28. The van der Waals surface area contributed by atoms with Gasteiger partial charge in [0, 0.05) is 23.2 Å². The molecule has 184 valence electrons. The van der Waals surface area contributed by atoms with Crippen LogP contribution in [-0.2, 0) is 11.3 Å². The Labute approximate surface area is 215 Å². The molecule has 4 aromatic rings. The lowest BCUT2D eigenvalue weighted by Crippen LogP contribution is -2.33. The first kappa shape index (κ1) is 25.2. The molecule has 0 aliphatic carbocycles. The van der Waals surface area contributed by atoms with Crippen LogP contribution in [0.4, 0.5) is 5.69 Å². The minimum absolute atomic E-state index is 0.0675. The molecule has 1 heterocycles. The number of allylic oxidation sites excluding steroid dienone is 1. The van der Waals surface area contributed by atoms with E-state index in [1.165, 1.54) is 11.8 Å². The van der Waals surface area contributed by atoms with Crippen LogP contribution in [0.15, 0.2) is 90.6 Å². The number of hydrogen-bond donors (Lipinski definition) is 2. The molecule has 36 heavy (non-hydrogen) atoms. The number of nitrogens with one attached hydrogen (secondary N) is 2. The highest BCUT2D eigenvalue weighted by atomic mass is 32.2. The molecule has 3 aromatic carbocycles. The Kier molecular flexibility index (Phi) is 8.17. The molecule has 8 heteroatoms. The van der Waals surface area contributed by atoms with Crippen LogP contribution >= 0.6 is 11.8 Å². The fraction of sp³-hybridized carbons (Fsp3) is 0.214. The smallest absolute Gasteiger partial charge is 0.251 e. The normalized spacial score (nSPS) is 11.9. The van der Waals surface area contributed by atoms with E-state index in [1.54, 1.807) is 18.2 Å². The van der Waals surface area contributed by atoms with Crippen molar-refractivity contribution < 1.29 is 9.59 Å². The van der Waals surface area contributed by atoms with Gasteiger partial charge in [-0.25, -0.2) is 0 Å². The van der Waals surface area contributed by atoms with Crippen LogP contribution in [-0.4, -0.2) is 32.3 Å². The molecule has 0 saturated carbocycles. The molecule has 0 unspecified atom stereocenters. The lowest BCUT2D eigenvalue weighted by molar-refractivity contribution is -0.113. The van der Waals surface area contributed by atoms with Crippen molar-refractivity contribution in [3.63, 3.8) is 0 Å². The van der Waals surface area contributed by atoms with Gasteiger partial charge in [-0.15, -0.1) is 16.8 Å². The van der Waals surface area contributed by atoms with E-state index in [4.69, 9.17) is 0 Å². The van der Waals surface area contributed by atoms with E-state index in [-0.39, 0.29) is 29.5 Å². The number of thioether (sulfide) groups is 1. The second-order valence-electron chi connectivity index (χ2n) is 8.66. The summed E-state index contributed by atoms with van der Waals surface area (Å²) in [6, 6.07) is 22.5. The average molecular weight is 500 g/mol. The highest BCUT2D eigenvalue weighted by molar-refractivity contribution is 7.99. The summed E-state index contributed by atoms with van der Waals surface area (Å²) in [5.74, 6) is 0.556. The van der Waals surface area contributed by atoms with Crippen LogP contribution in [0.5, 0.6) is 0 Å². The van der Waals surface area contributed by atoms with Crippen LogP contribution < -0.4 is 10.6 Å². The molecule has 0 radical (unpaired) electrons.